The minimum atomic E-state index is -3.77. The maximum Gasteiger partial charge on any atom is 2.00 e. The number of rotatable bonds is 10. The topological polar surface area (TPSA) is 242 Å². The number of sulfonamides is 2. The summed E-state index contributed by atoms with van der Waals surface area (Å²) >= 11 is 0. The van der Waals surface area contributed by atoms with Crippen molar-refractivity contribution in [2.75, 3.05) is 20.1 Å². The molecule has 0 saturated carbocycles. The van der Waals surface area contributed by atoms with E-state index in [4.69, 9.17) is 9.90 Å². The second-order valence-electron chi connectivity index (χ2n) is 10.6. The number of aromatic nitrogens is 4. The zero-order valence-corrected chi connectivity index (χ0v) is 31.2. The van der Waals surface area contributed by atoms with Gasteiger partial charge in [-0.2, -0.15) is 0 Å². The van der Waals surface area contributed by atoms with Crippen molar-refractivity contribution in [2.24, 2.45) is 0 Å². The molecule has 6 rings (SSSR count). The molecule has 1 radical (unpaired) electrons. The summed E-state index contributed by atoms with van der Waals surface area (Å²) in [5, 5.41) is 11.9. The molecule has 0 bridgehead atoms. The number of carbonyl (C=O) groups is 3. The summed E-state index contributed by atoms with van der Waals surface area (Å²) in [6.45, 7) is 1.19. The average molecular weight is 833 g/mol. The van der Waals surface area contributed by atoms with Crippen molar-refractivity contribution in [1.29, 1.82) is 0 Å². The van der Waals surface area contributed by atoms with Crippen LogP contribution in [0.15, 0.2) is 167 Å². The third-order valence-electron chi connectivity index (χ3n) is 6.54. The fourth-order valence-corrected chi connectivity index (χ4v) is 5.96. The first-order chi connectivity index (χ1) is 25.8. The SMILES string of the molecule is CC(=O)[OH2+].O=C1C=CC=CC1=CNc1ccc(S(=O)(=O)Nc2ncccn2)cc1.O=C1C=CC=CC1=CNc1ccc(S(=O)(=O)Nc2ncccn2)cc1.[Cu+2]. The maximum absolute atomic E-state index is 12.3. The molecule has 2 heterocycles. The molecule has 19 heteroatoms. The van der Waals surface area contributed by atoms with E-state index < -0.39 is 26.0 Å². The normalized spacial score (nSPS) is 14.4. The summed E-state index contributed by atoms with van der Waals surface area (Å²) < 4.78 is 53.7. The summed E-state index contributed by atoms with van der Waals surface area (Å²) in [7, 11) is -7.53. The van der Waals surface area contributed by atoms with Gasteiger partial charge in [0.2, 0.25) is 11.9 Å². The second kappa shape index (κ2) is 20.6. The third-order valence-corrected chi connectivity index (χ3v) is 9.23. The fraction of sp³-hybridized carbons (Fsp3) is 0.0278. The molecule has 0 fully saturated rings. The molecule has 16 nitrogen and oxygen atoms in total. The van der Waals surface area contributed by atoms with Crippen molar-refractivity contribution in [2.45, 2.75) is 16.7 Å². The molecule has 0 spiro atoms. The van der Waals surface area contributed by atoms with Crippen molar-refractivity contribution in [3.05, 3.63) is 158 Å². The van der Waals surface area contributed by atoms with E-state index in [1.54, 1.807) is 85.3 Å². The Morgan fingerprint density at radius 1 is 0.582 bits per heavy atom. The van der Waals surface area contributed by atoms with Crippen LogP contribution < -0.4 is 20.1 Å². The van der Waals surface area contributed by atoms with Crippen LogP contribution >= 0.6 is 0 Å². The number of allylic oxidation sites excluding steroid dienone is 10. The zero-order chi connectivity index (χ0) is 39.0. The van der Waals surface area contributed by atoms with Crippen LogP contribution in [0.25, 0.3) is 0 Å². The Hall–Kier alpha value is -6.53. The first kappa shape index (κ1) is 42.9. The van der Waals surface area contributed by atoms with Gasteiger partial charge in [0.05, 0.1) is 16.7 Å². The van der Waals surface area contributed by atoms with Gasteiger partial charge in [-0.1, -0.05) is 24.3 Å². The fourth-order valence-electron chi connectivity index (χ4n) is 4.04. The number of carbonyl (C=O) groups excluding carboxylic acids is 3. The van der Waals surface area contributed by atoms with Gasteiger partial charge < -0.3 is 15.7 Å². The summed E-state index contributed by atoms with van der Waals surface area (Å²) in [6.07, 6.45) is 22.1. The Bertz CT molecular complexity index is 2200. The molecular weight excluding hydrogens is 800 g/mol. The molecule has 0 atom stereocenters. The Morgan fingerprint density at radius 3 is 1.20 bits per heavy atom. The number of anilines is 4. The van der Waals surface area contributed by atoms with Crippen LogP contribution in [-0.4, -0.2) is 59.4 Å². The Balaban J connectivity index is 0.000000265. The molecule has 4 aromatic rings. The number of nitrogens with one attached hydrogen (secondary N) is 4. The first-order valence-electron chi connectivity index (χ1n) is 15.6. The van der Waals surface area contributed by atoms with Gasteiger partial charge in [0.1, 0.15) is 0 Å². The van der Waals surface area contributed by atoms with Gasteiger partial charge in [0, 0.05) is 64.5 Å². The summed E-state index contributed by atoms with van der Waals surface area (Å²) in [5.41, 5.74) is 2.33. The zero-order valence-electron chi connectivity index (χ0n) is 28.6. The predicted octanol–water partition coefficient (Wildman–Crippen LogP) is 3.79. The van der Waals surface area contributed by atoms with Crippen molar-refractivity contribution in [3.63, 3.8) is 0 Å². The summed E-state index contributed by atoms with van der Waals surface area (Å²) in [6, 6.07) is 15.4. The molecule has 2 aromatic heterocycles. The minimum Gasteiger partial charge on any atom is -0.565 e. The smallest absolute Gasteiger partial charge is 0.565 e. The van der Waals surface area contributed by atoms with Crippen molar-refractivity contribution in [1.82, 2.24) is 19.9 Å². The van der Waals surface area contributed by atoms with Crippen LogP contribution in [0.2, 0.25) is 0 Å². The molecule has 0 aliphatic heterocycles. The molecule has 6 N–H and O–H groups in total. The molecule has 2 aliphatic carbocycles. The molecule has 55 heavy (non-hydrogen) atoms. The average Bonchev–Trinajstić information content (AvgIpc) is 3.15. The van der Waals surface area contributed by atoms with Crippen LogP contribution in [0.4, 0.5) is 23.3 Å². The number of benzene rings is 2. The van der Waals surface area contributed by atoms with E-state index in [1.807, 2.05) is 0 Å². The monoisotopic (exact) mass is 832 g/mol. The van der Waals surface area contributed by atoms with Gasteiger partial charge in [-0.3, -0.25) is 9.59 Å². The number of hydrogen-bond donors (Lipinski definition) is 4. The van der Waals surface area contributed by atoms with E-state index in [1.165, 1.54) is 68.1 Å². The molecular formula is C36H33CuN8O8S2+3. The van der Waals surface area contributed by atoms with Gasteiger partial charge in [-0.05, 0) is 85.0 Å². The third kappa shape index (κ3) is 14.1. The molecule has 0 unspecified atom stereocenters. The van der Waals surface area contributed by atoms with Crippen LogP contribution in [0, 0.1) is 0 Å². The van der Waals surface area contributed by atoms with Gasteiger partial charge in [0.25, 0.3) is 20.0 Å². The standard InChI is InChI=1S/2C17H14N4O3S.C2H4O2.Cu/c2*22-16-5-2-1-4-13(16)12-20-14-6-8-15(9-7-14)25(23,24)21-17-18-10-3-11-19-17;1-2(3)4;/h2*1-12,20H,(H,18,19,21);1H3,(H,3,4);/q;;;+2/p+1. The molecule has 2 aliphatic rings. The molecule has 285 valence electrons. The van der Waals surface area contributed by atoms with Crippen LogP contribution in [0.5, 0.6) is 0 Å². The number of hydrogen-bond acceptors (Lipinski definition) is 13. The quantitative estimate of drug-likeness (QED) is 0.101. The van der Waals surface area contributed by atoms with E-state index in [2.05, 4.69) is 40.0 Å². The Kier molecular flexibility index (Phi) is 16.1. The van der Waals surface area contributed by atoms with Gasteiger partial charge in [-0.25, -0.2) is 46.2 Å². The largest absolute Gasteiger partial charge is 2.00 e. The van der Waals surface area contributed by atoms with E-state index in [-0.39, 0.29) is 50.3 Å². The van der Waals surface area contributed by atoms with E-state index >= 15 is 0 Å². The molecule has 2 aromatic carbocycles. The first-order valence-corrected chi connectivity index (χ1v) is 18.5. The molecule has 0 amide bonds. The van der Waals surface area contributed by atoms with Crippen LogP contribution in [-0.2, 0) is 51.5 Å². The van der Waals surface area contributed by atoms with E-state index in [9.17, 15) is 26.4 Å². The minimum absolute atomic E-state index is 0. The van der Waals surface area contributed by atoms with Gasteiger partial charge in [-0.15, -0.1) is 0 Å². The number of nitrogens with zero attached hydrogens (tertiary/aromatic N) is 4. The van der Waals surface area contributed by atoms with Crippen molar-refractivity contribution < 1.29 is 53.4 Å². The molecule has 0 saturated heterocycles. The van der Waals surface area contributed by atoms with Gasteiger partial charge in [0.15, 0.2) is 11.6 Å². The predicted molar refractivity (Wildman–Crippen MR) is 203 cm³/mol. The van der Waals surface area contributed by atoms with E-state index in [0.29, 0.717) is 22.5 Å². The Morgan fingerprint density at radius 2 is 0.891 bits per heavy atom. The maximum atomic E-state index is 12.3. The van der Waals surface area contributed by atoms with Gasteiger partial charge >= 0.3 is 23.0 Å². The number of ketones is 2. The summed E-state index contributed by atoms with van der Waals surface area (Å²) in [5.74, 6) is -0.766. The van der Waals surface area contributed by atoms with Crippen LogP contribution in [0.3, 0.4) is 0 Å². The second-order valence-corrected chi connectivity index (χ2v) is 14.0. The summed E-state index contributed by atoms with van der Waals surface area (Å²) in [4.78, 5) is 47.8. The van der Waals surface area contributed by atoms with Crippen LogP contribution in [0.1, 0.15) is 6.92 Å². The Labute approximate surface area is 327 Å². The van der Waals surface area contributed by atoms with Crippen molar-refractivity contribution >= 4 is 60.9 Å². The van der Waals surface area contributed by atoms with Crippen molar-refractivity contribution in [3.8, 4) is 0 Å². The van der Waals surface area contributed by atoms with E-state index in [0.717, 1.165) is 0 Å².